The molecule has 21 heavy (non-hydrogen) atoms. The van der Waals surface area contributed by atoms with Gasteiger partial charge in [-0.15, -0.1) is 11.8 Å². The highest BCUT2D eigenvalue weighted by Crippen LogP contribution is 2.27. The molecule has 112 valence electrons. The minimum Gasteiger partial charge on any atom is -0.313 e. The minimum absolute atomic E-state index is 0.240. The van der Waals surface area contributed by atoms with Crippen molar-refractivity contribution in [3.63, 3.8) is 0 Å². The number of hydrogen-bond donors (Lipinski definition) is 1. The lowest BCUT2D eigenvalue weighted by molar-refractivity contribution is 0.592. The Bertz CT molecular complexity index is 584. The molecule has 2 aromatic rings. The molecular weight excluding hydrogens is 321 g/mol. The van der Waals surface area contributed by atoms with E-state index >= 15 is 0 Å². The van der Waals surface area contributed by atoms with Crippen LogP contribution >= 0.6 is 35.0 Å². The highest BCUT2D eigenvalue weighted by atomic mass is 35.5. The summed E-state index contributed by atoms with van der Waals surface area (Å²) >= 11 is 14.1. The van der Waals surface area contributed by atoms with Crippen molar-refractivity contribution in [3.05, 3.63) is 63.6 Å². The molecule has 4 heteroatoms. The lowest BCUT2D eigenvalue weighted by atomic mass is 9.99. The molecule has 0 aliphatic heterocycles. The van der Waals surface area contributed by atoms with Crippen LogP contribution < -0.4 is 5.32 Å². The summed E-state index contributed by atoms with van der Waals surface area (Å²) in [4.78, 5) is 1.31. The summed E-state index contributed by atoms with van der Waals surface area (Å²) in [6.07, 6.45) is 0.840. The Kier molecular flexibility index (Phi) is 6.43. The predicted molar refractivity (Wildman–Crippen MR) is 94.8 cm³/mol. The fourth-order valence-electron chi connectivity index (χ4n) is 2.26. The molecule has 0 saturated heterocycles. The van der Waals surface area contributed by atoms with Gasteiger partial charge in [-0.25, -0.2) is 0 Å². The van der Waals surface area contributed by atoms with Crippen LogP contribution in [0.4, 0.5) is 0 Å². The average molecular weight is 340 g/mol. The minimum atomic E-state index is 0.240. The van der Waals surface area contributed by atoms with Crippen molar-refractivity contribution in [1.29, 1.82) is 0 Å². The van der Waals surface area contributed by atoms with Crippen molar-refractivity contribution in [3.8, 4) is 0 Å². The molecule has 0 spiro atoms. The van der Waals surface area contributed by atoms with Crippen LogP contribution in [0.15, 0.2) is 47.4 Å². The predicted octanol–water partition coefficient (Wildman–Crippen LogP) is 5.61. The van der Waals surface area contributed by atoms with Crippen molar-refractivity contribution >= 4 is 35.0 Å². The van der Waals surface area contributed by atoms with Crippen LogP contribution in [0, 0.1) is 0 Å². The van der Waals surface area contributed by atoms with E-state index in [9.17, 15) is 0 Å². The number of benzene rings is 2. The van der Waals surface area contributed by atoms with E-state index in [1.54, 1.807) is 6.07 Å². The van der Waals surface area contributed by atoms with Crippen molar-refractivity contribution in [2.75, 3.05) is 12.8 Å². The first-order valence-electron chi connectivity index (χ1n) is 6.98. The Balaban J connectivity index is 2.15. The number of nitrogens with one attached hydrogen (secondary N) is 1. The molecule has 0 fully saturated rings. The average Bonchev–Trinajstić information content (AvgIpc) is 2.48. The molecule has 0 aromatic heterocycles. The van der Waals surface area contributed by atoms with Crippen molar-refractivity contribution < 1.29 is 0 Å². The fraction of sp³-hybridized carbons (Fsp3) is 0.294. The monoisotopic (exact) mass is 339 g/mol. The largest absolute Gasteiger partial charge is 0.313 e. The van der Waals surface area contributed by atoms with Gasteiger partial charge in [0.15, 0.2) is 0 Å². The van der Waals surface area contributed by atoms with E-state index in [2.05, 4.69) is 36.5 Å². The zero-order valence-electron chi connectivity index (χ0n) is 12.2. The zero-order chi connectivity index (χ0) is 15.2. The van der Waals surface area contributed by atoms with E-state index in [0.29, 0.717) is 5.02 Å². The molecule has 1 unspecified atom stereocenters. The lowest BCUT2D eigenvalue weighted by Crippen LogP contribution is -2.18. The van der Waals surface area contributed by atoms with Gasteiger partial charge in [0.25, 0.3) is 0 Å². The highest BCUT2D eigenvalue weighted by molar-refractivity contribution is 7.99. The zero-order valence-corrected chi connectivity index (χ0v) is 14.5. The van der Waals surface area contributed by atoms with Gasteiger partial charge in [0.05, 0.1) is 0 Å². The van der Waals surface area contributed by atoms with Gasteiger partial charge in [-0.05, 0) is 54.6 Å². The topological polar surface area (TPSA) is 12.0 Å². The van der Waals surface area contributed by atoms with Gasteiger partial charge in [-0.1, -0.05) is 48.3 Å². The Morgan fingerprint density at radius 3 is 2.38 bits per heavy atom. The molecule has 0 bridgehead atoms. The maximum absolute atomic E-state index is 6.27. The molecule has 0 radical (unpaired) electrons. The van der Waals surface area contributed by atoms with Crippen molar-refractivity contribution in [2.45, 2.75) is 24.3 Å². The van der Waals surface area contributed by atoms with Gasteiger partial charge in [-0.3, -0.25) is 0 Å². The third kappa shape index (κ3) is 4.65. The maximum atomic E-state index is 6.27. The molecule has 0 aliphatic rings. The van der Waals surface area contributed by atoms with E-state index in [4.69, 9.17) is 23.2 Å². The van der Waals surface area contributed by atoms with Gasteiger partial charge in [0.1, 0.15) is 0 Å². The molecule has 0 amide bonds. The first-order valence-corrected chi connectivity index (χ1v) is 8.72. The molecule has 2 aromatic carbocycles. The summed E-state index contributed by atoms with van der Waals surface area (Å²) in [5.74, 6) is 1.09. The van der Waals surface area contributed by atoms with Crippen molar-refractivity contribution in [2.24, 2.45) is 0 Å². The van der Waals surface area contributed by atoms with Crippen LogP contribution in [0.25, 0.3) is 0 Å². The van der Waals surface area contributed by atoms with E-state index in [1.807, 2.05) is 30.9 Å². The normalized spacial score (nSPS) is 12.4. The standard InChI is InChI=1S/C17H19Cl2NS/c1-3-21-15-8-5-12(6-9-15)17(20-2)10-13-4-7-14(18)11-16(13)19/h4-9,11,17,20H,3,10H2,1-2H3. The SMILES string of the molecule is CCSc1ccc(C(Cc2ccc(Cl)cc2Cl)NC)cc1. The third-order valence-corrected chi connectivity index (χ3v) is 4.86. The van der Waals surface area contributed by atoms with Crippen LogP contribution in [-0.2, 0) is 6.42 Å². The second-order valence-corrected chi connectivity index (χ2v) is 6.96. The maximum Gasteiger partial charge on any atom is 0.0453 e. The van der Waals surface area contributed by atoms with Crippen LogP contribution in [-0.4, -0.2) is 12.8 Å². The molecule has 0 saturated carbocycles. The summed E-state index contributed by atoms with van der Waals surface area (Å²) in [7, 11) is 1.98. The van der Waals surface area contributed by atoms with Crippen LogP contribution in [0.2, 0.25) is 10.0 Å². The summed E-state index contributed by atoms with van der Waals surface area (Å²) in [6.45, 7) is 2.16. The van der Waals surface area contributed by atoms with Gasteiger partial charge in [0, 0.05) is 21.0 Å². The molecule has 0 heterocycles. The molecular formula is C17H19Cl2NS. The second-order valence-electron chi connectivity index (χ2n) is 4.78. The lowest BCUT2D eigenvalue weighted by Gasteiger charge is -2.18. The summed E-state index contributed by atoms with van der Waals surface area (Å²) < 4.78 is 0. The van der Waals surface area contributed by atoms with Crippen LogP contribution in [0.5, 0.6) is 0 Å². The Hall–Kier alpha value is -0.670. The summed E-state index contributed by atoms with van der Waals surface area (Å²) in [5, 5.41) is 4.76. The molecule has 2 rings (SSSR count). The number of rotatable bonds is 6. The smallest absolute Gasteiger partial charge is 0.0453 e. The second kappa shape index (κ2) is 8.09. The Morgan fingerprint density at radius 2 is 1.81 bits per heavy atom. The molecule has 1 atom stereocenters. The first-order chi connectivity index (χ1) is 10.1. The van der Waals surface area contributed by atoms with E-state index in [1.165, 1.54) is 10.5 Å². The highest BCUT2D eigenvalue weighted by Gasteiger charge is 2.12. The molecule has 0 aliphatic carbocycles. The quantitative estimate of drug-likeness (QED) is 0.686. The van der Waals surface area contributed by atoms with Crippen LogP contribution in [0.1, 0.15) is 24.1 Å². The Morgan fingerprint density at radius 1 is 1.10 bits per heavy atom. The number of halogens is 2. The van der Waals surface area contributed by atoms with E-state index in [0.717, 1.165) is 22.8 Å². The molecule has 1 nitrogen and oxygen atoms in total. The van der Waals surface area contributed by atoms with Crippen molar-refractivity contribution in [1.82, 2.24) is 5.32 Å². The van der Waals surface area contributed by atoms with E-state index < -0.39 is 0 Å². The number of likely N-dealkylation sites (N-methyl/N-ethyl adjacent to an activating group) is 1. The van der Waals surface area contributed by atoms with Crippen LogP contribution in [0.3, 0.4) is 0 Å². The first kappa shape index (κ1) is 16.7. The number of hydrogen-bond acceptors (Lipinski definition) is 2. The van der Waals surface area contributed by atoms with Gasteiger partial charge >= 0.3 is 0 Å². The summed E-state index contributed by atoms with van der Waals surface area (Å²) in [6, 6.07) is 14.6. The third-order valence-electron chi connectivity index (χ3n) is 3.38. The molecule has 1 N–H and O–H groups in total. The van der Waals surface area contributed by atoms with E-state index in [-0.39, 0.29) is 6.04 Å². The van der Waals surface area contributed by atoms with Gasteiger partial charge in [0.2, 0.25) is 0 Å². The van der Waals surface area contributed by atoms with Gasteiger partial charge < -0.3 is 5.32 Å². The Labute approximate surface area is 141 Å². The van der Waals surface area contributed by atoms with Gasteiger partial charge in [-0.2, -0.15) is 0 Å². The summed E-state index contributed by atoms with van der Waals surface area (Å²) in [5.41, 5.74) is 2.37. The fourth-order valence-corrected chi connectivity index (χ4v) is 3.40. The number of thioether (sulfide) groups is 1.